The number of nitrogens with zero attached hydrogens (tertiary/aromatic N) is 3. The molecule has 1 fully saturated rings. The number of benzene rings is 1. The summed E-state index contributed by atoms with van der Waals surface area (Å²) in [6, 6.07) is 9.76. The van der Waals surface area contributed by atoms with Gasteiger partial charge in [0.25, 0.3) is 0 Å². The Morgan fingerprint density at radius 3 is 2.88 bits per heavy atom. The molecule has 25 heavy (non-hydrogen) atoms. The van der Waals surface area contributed by atoms with E-state index in [1.165, 1.54) is 43.9 Å². The third-order valence-electron chi connectivity index (χ3n) is 5.02. The first-order valence-corrected chi connectivity index (χ1v) is 9.75. The molecule has 2 aliphatic rings. The normalized spacial score (nSPS) is 21.5. The van der Waals surface area contributed by atoms with Crippen molar-refractivity contribution in [2.45, 2.75) is 43.4 Å². The van der Waals surface area contributed by atoms with E-state index in [1.807, 2.05) is 36.7 Å². The molecule has 130 valence electrons. The van der Waals surface area contributed by atoms with Gasteiger partial charge in [0.2, 0.25) is 0 Å². The van der Waals surface area contributed by atoms with E-state index in [9.17, 15) is 0 Å². The minimum atomic E-state index is 0.475. The van der Waals surface area contributed by atoms with Gasteiger partial charge >= 0.3 is 0 Å². The van der Waals surface area contributed by atoms with Gasteiger partial charge in [0, 0.05) is 30.4 Å². The first kappa shape index (κ1) is 17.8. The summed E-state index contributed by atoms with van der Waals surface area (Å²) >= 11 is 1.54. The fraction of sp³-hybridized carbons (Fsp3) is 0.450. The minimum absolute atomic E-state index is 0.475. The quantitative estimate of drug-likeness (QED) is 0.807. The smallest absolute Gasteiger partial charge is 0.119 e. The lowest BCUT2D eigenvalue weighted by molar-refractivity contribution is 0.253. The molecule has 0 amide bonds. The first-order chi connectivity index (χ1) is 12.3. The molecule has 1 saturated carbocycles. The molecular formula is C20H24N4S. The van der Waals surface area contributed by atoms with Gasteiger partial charge in [-0.05, 0) is 49.3 Å². The third-order valence-corrected chi connectivity index (χ3v) is 5.93. The molecule has 4 nitrogen and oxygen atoms in total. The SMILES string of the molecule is N#Cc1cccc(SC2=N/C=C/NCCC3(CCCC3)CCN=C2)c1. The van der Waals surface area contributed by atoms with Gasteiger partial charge in [0.1, 0.15) is 5.04 Å². The van der Waals surface area contributed by atoms with Crippen LogP contribution in [0.25, 0.3) is 0 Å². The monoisotopic (exact) mass is 352 g/mol. The number of thioether (sulfide) groups is 1. The maximum atomic E-state index is 9.04. The van der Waals surface area contributed by atoms with Gasteiger partial charge in [-0.2, -0.15) is 5.26 Å². The van der Waals surface area contributed by atoms with E-state index in [2.05, 4.69) is 21.4 Å². The molecule has 3 rings (SSSR count). The van der Waals surface area contributed by atoms with Crippen LogP contribution >= 0.6 is 11.8 Å². The maximum Gasteiger partial charge on any atom is 0.119 e. The highest BCUT2D eigenvalue weighted by Crippen LogP contribution is 2.43. The Balaban J connectivity index is 1.71. The number of hydrogen-bond acceptors (Lipinski definition) is 5. The molecule has 1 aromatic rings. The van der Waals surface area contributed by atoms with Crippen LogP contribution in [0.3, 0.4) is 0 Å². The van der Waals surface area contributed by atoms with Gasteiger partial charge in [-0.15, -0.1) is 0 Å². The first-order valence-electron chi connectivity index (χ1n) is 8.94. The summed E-state index contributed by atoms with van der Waals surface area (Å²) < 4.78 is 0. The second kappa shape index (κ2) is 8.87. The second-order valence-electron chi connectivity index (χ2n) is 6.72. The number of hydrogen-bond donors (Lipinski definition) is 1. The highest BCUT2D eigenvalue weighted by molar-refractivity contribution is 8.15. The summed E-state index contributed by atoms with van der Waals surface area (Å²) in [5, 5.41) is 13.3. The summed E-state index contributed by atoms with van der Waals surface area (Å²) in [6.07, 6.45) is 13.4. The van der Waals surface area contributed by atoms with E-state index >= 15 is 0 Å². The van der Waals surface area contributed by atoms with E-state index in [0.29, 0.717) is 11.0 Å². The fourth-order valence-electron chi connectivity index (χ4n) is 3.61. The summed E-state index contributed by atoms with van der Waals surface area (Å²) in [4.78, 5) is 10.2. The van der Waals surface area contributed by atoms with Crippen LogP contribution in [0.1, 0.15) is 44.1 Å². The largest absolute Gasteiger partial charge is 0.390 e. The Labute approximate surface area is 154 Å². The maximum absolute atomic E-state index is 9.04. The highest BCUT2D eigenvalue weighted by Gasteiger charge is 2.32. The van der Waals surface area contributed by atoms with Crippen LogP contribution in [0.15, 0.2) is 51.5 Å². The van der Waals surface area contributed by atoms with Crippen LogP contribution in [-0.4, -0.2) is 24.3 Å². The van der Waals surface area contributed by atoms with Gasteiger partial charge in [-0.3, -0.25) is 4.99 Å². The van der Waals surface area contributed by atoms with Crippen molar-refractivity contribution in [1.29, 1.82) is 5.26 Å². The highest BCUT2D eigenvalue weighted by atomic mass is 32.2. The van der Waals surface area contributed by atoms with Crippen molar-refractivity contribution in [3.8, 4) is 6.07 Å². The van der Waals surface area contributed by atoms with Crippen LogP contribution in [-0.2, 0) is 0 Å². The van der Waals surface area contributed by atoms with Crippen molar-refractivity contribution in [2.75, 3.05) is 13.1 Å². The molecular weight excluding hydrogens is 328 g/mol. The Morgan fingerprint density at radius 1 is 1.16 bits per heavy atom. The van der Waals surface area contributed by atoms with Crippen LogP contribution in [0.2, 0.25) is 0 Å². The van der Waals surface area contributed by atoms with E-state index in [4.69, 9.17) is 5.26 Å². The van der Waals surface area contributed by atoms with Crippen molar-refractivity contribution in [3.63, 3.8) is 0 Å². The molecule has 0 aromatic heterocycles. The molecule has 0 saturated heterocycles. The van der Waals surface area contributed by atoms with E-state index < -0.39 is 0 Å². The molecule has 1 spiro atoms. The Kier molecular flexibility index (Phi) is 6.30. The van der Waals surface area contributed by atoms with Gasteiger partial charge in [0.15, 0.2) is 0 Å². The van der Waals surface area contributed by atoms with Gasteiger partial charge in [-0.25, -0.2) is 4.99 Å². The lowest BCUT2D eigenvalue weighted by Gasteiger charge is -2.28. The van der Waals surface area contributed by atoms with Gasteiger partial charge in [0.05, 0.1) is 17.8 Å². The molecule has 0 atom stereocenters. The minimum Gasteiger partial charge on any atom is -0.390 e. The third kappa shape index (κ3) is 5.20. The van der Waals surface area contributed by atoms with Crippen molar-refractivity contribution >= 4 is 23.0 Å². The lowest BCUT2D eigenvalue weighted by atomic mass is 9.79. The molecule has 0 radical (unpaired) electrons. The Hall–Kier alpha value is -2.06. The van der Waals surface area contributed by atoms with Crippen molar-refractivity contribution < 1.29 is 0 Å². The van der Waals surface area contributed by atoms with Crippen LogP contribution < -0.4 is 5.32 Å². The van der Waals surface area contributed by atoms with Gasteiger partial charge in [-0.1, -0.05) is 30.7 Å². The summed E-state index contributed by atoms with van der Waals surface area (Å²) in [7, 11) is 0. The van der Waals surface area contributed by atoms with Crippen molar-refractivity contribution in [1.82, 2.24) is 5.32 Å². The molecule has 1 N–H and O–H groups in total. The Morgan fingerprint density at radius 2 is 2.04 bits per heavy atom. The van der Waals surface area contributed by atoms with E-state index in [1.54, 1.807) is 6.20 Å². The van der Waals surface area contributed by atoms with Crippen molar-refractivity contribution in [3.05, 3.63) is 42.2 Å². The molecule has 1 heterocycles. The van der Waals surface area contributed by atoms with Crippen LogP contribution in [0, 0.1) is 16.7 Å². The zero-order chi connectivity index (χ0) is 17.4. The predicted molar refractivity (Wildman–Crippen MR) is 105 cm³/mol. The molecule has 0 unspecified atom stereocenters. The molecule has 1 aliphatic heterocycles. The summed E-state index contributed by atoms with van der Waals surface area (Å²) in [5.74, 6) is 0. The molecule has 1 aromatic carbocycles. The fourth-order valence-corrected chi connectivity index (χ4v) is 4.43. The standard InChI is InChI=1S/C20H24N4S/c21-15-17-4-3-5-18(14-17)25-19-16-23-11-9-20(6-1-2-7-20)8-10-22-12-13-24-19/h3-5,12-14,16,22H,1-2,6-11H2/b13-12+,23-16?,24-19?. The second-order valence-corrected chi connectivity index (χ2v) is 7.82. The summed E-state index contributed by atoms with van der Waals surface area (Å²) in [5.41, 5.74) is 1.14. The number of nitrogens with one attached hydrogen (secondary N) is 1. The molecule has 1 aliphatic carbocycles. The zero-order valence-corrected chi connectivity index (χ0v) is 15.3. The number of rotatable bonds is 1. The number of nitriles is 1. The topological polar surface area (TPSA) is 60.5 Å². The van der Waals surface area contributed by atoms with Gasteiger partial charge < -0.3 is 5.32 Å². The average molecular weight is 353 g/mol. The van der Waals surface area contributed by atoms with E-state index in [0.717, 1.165) is 29.4 Å². The average Bonchev–Trinajstić information content (AvgIpc) is 3.09. The predicted octanol–water partition coefficient (Wildman–Crippen LogP) is 4.53. The van der Waals surface area contributed by atoms with Crippen LogP contribution in [0.4, 0.5) is 0 Å². The summed E-state index contributed by atoms with van der Waals surface area (Å²) in [6.45, 7) is 1.87. The lowest BCUT2D eigenvalue weighted by Crippen LogP contribution is -2.23. The Bertz CT molecular complexity index is 709. The number of aliphatic imine (C=N–C) groups is 2. The zero-order valence-electron chi connectivity index (χ0n) is 14.4. The van der Waals surface area contributed by atoms with Crippen molar-refractivity contribution in [2.24, 2.45) is 15.4 Å². The molecule has 0 bridgehead atoms. The van der Waals surface area contributed by atoms with E-state index in [-0.39, 0.29) is 0 Å². The molecule has 5 heteroatoms. The van der Waals surface area contributed by atoms with Crippen LogP contribution in [0.5, 0.6) is 0 Å².